The Morgan fingerprint density at radius 3 is 2.02 bits per heavy atom. The van der Waals surface area contributed by atoms with Gasteiger partial charge >= 0.3 is 0 Å². The predicted octanol–water partition coefficient (Wildman–Crippen LogP) is 6.21. The summed E-state index contributed by atoms with van der Waals surface area (Å²) in [6.45, 7) is 5.18. The summed E-state index contributed by atoms with van der Waals surface area (Å²) < 4.78 is 35.3. The summed E-state index contributed by atoms with van der Waals surface area (Å²) >= 11 is 3.50. The maximum atomic E-state index is 14.5. The third-order valence-electron chi connectivity index (χ3n) is 6.98. The van der Waals surface area contributed by atoms with E-state index in [2.05, 4.69) is 21.2 Å². The first-order chi connectivity index (χ1) is 21.4. The number of carbonyl (C=O) groups excluding carboxylic acids is 2. The van der Waals surface area contributed by atoms with E-state index in [1.807, 2.05) is 75.4 Å². The quantitative estimate of drug-likeness (QED) is 0.191. The molecule has 45 heavy (non-hydrogen) atoms. The lowest BCUT2D eigenvalue weighted by Crippen LogP contribution is -2.56. The van der Waals surface area contributed by atoms with Crippen LogP contribution in [0.2, 0.25) is 0 Å². The number of halogens is 1. The minimum atomic E-state index is -4.18. The highest BCUT2D eigenvalue weighted by atomic mass is 79.9. The Hall–Kier alpha value is -4.15. The molecule has 8 nitrogen and oxygen atoms in total. The molecule has 4 aromatic carbocycles. The molecular formula is C35H38BrN3O5S. The van der Waals surface area contributed by atoms with Gasteiger partial charge in [0.25, 0.3) is 10.0 Å². The third kappa shape index (κ3) is 9.18. The van der Waals surface area contributed by atoms with Crippen LogP contribution in [0.25, 0.3) is 0 Å². The fraction of sp³-hybridized carbons (Fsp3) is 0.257. The van der Waals surface area contributed by atoms with Crippen molar-refractivity contribution in [2.45, 2.75) is 50.2 Å². The Kier molecular flexibility index (Phi) is 11.1. The maximum Gasteiger partial charge on any atom is 0.264 e. The van der Waals surface area contributed by atoms with Crippen LogP contribution in [0.4, 0.5) is 5.69 Å². The van der Waals surface area contributed by atoms with Gasteiger partial charge in [-0.1, -0.05) is 76.6 Å². The highest BCUT2D eigenvalue weighted by molar-refractivity contribution is 9.10. The average molecular weight is 693 g/mol. The Morgan fingerprint density at radius 2 is 1.44 bits per heavy atom. The maximum absolute atomic E-state index is 14.5. The normalized spacial score (nSPS) is 12.2. The van der Waals surface area contributed by atoms with Gasteiger partial charge in [-0.05, 0) is 80.4 Å². The van der Waals surface area contributed by atoms with Crippen molar-refractivity contribution in [2.75, 3.05) is 18.0 Å². The molecule has 0 radical (unpaired) electrons. The Morgan fingerprint density at radius 1 is 0.844 bits per heavy atom. The van der Waals surface area contributed by atoms with Gasteiger partial charge in [-0.15, -0.1) is 0 Å². The number of ether oxygens (including phenoxy) is 1. The zero-order chi connectivity index (χ0) is 32.6. The van der Waals surface area contributed by atoms with E-state index in [0.29, 0.717) is 5.75 Å². The second-order valence-electron chi connectivity index (χ2n) is 11.6. The summed E-state index contributed by atoms with van der Waals surface area (Å²) in [6.07, 6.45) is 0.233. The van der Waals surface area contributed by atoms with Crippen molar-refractivity contribution in [1.29, 1.82) is 0 Å². The molecule has 4 rings (SSSR count). The van der Waals surface area contributed by atoms with Crippen LogP contribution in [-0.4, -0.2) is 50.4 Å². The number of sulfonamides is 1. The predicted molar refractivity (Wildman–Crippen MR) is 180 cm³/mol. The van der Waals surface area contributed by atoms with Gasteiger partial charge in [0.15, 0.2) is 0 Å². The molecule has 0 saturated heterocycles. The number of rotatable bonds is 12. The van der Waals surface area contributed by atoms with E-state index >= 15 is 0 Å². The second-order valence-corrected chi connectivity index (χ2v) is 14.4. The molecule has 0 bridgehead atoms. The fourth-order valence-corrected chi connectivity index (χ4v) is 6.72. The molecule has 1 N–H and O–H groups in total. The summed E-state index contributed by atoms with van der Waals surface area (Å²) in [5.41, 5.74) is 1.36. The summed E-state index contributed by atoms with van der Waals surface area (Å²) in [5, 5.41) is 3.04. The van der Waals surface area contributed by atoms with Crippen LogP contribution in [-0.2, 0) is 32.6 Å². The van der Waals surface area contributed by atoms with Gasteiger partial charge in [0.1, 0.15) is 18.3 Å². The molecule has 0 aromatic heterocycles. The van der Waals surface area contributed by atoms with Crippen molar-refractivity contribution in [1.82, 2.24) is 10.2 Å². The van der Waals surface area contributed by atoms with Crippen molar-refractivity contribution in [3.05, 3.63) is 125 Å². The molecule has 236 valence electrons. The SMILES string of the molecule is COc1ccc(N(CC(=O)N(Cc2cccc(Br)c2)[C@H](Cc2ccccc2)C(=O)NC(C)(C)C)S(=O)(=O)c2ccccc2)cc1. The summed E-state index contributed by atoms with van der Waals surface area (Å²) in [6, 6.07) is 30.4. The number of hydrogen-bond donors (Lipinski definition) is 1. The van der Waals surface area contributed by atoms with Crippen molar-refractivity contribution in [3.8, 4) is 5.75 Å². The first-order valence-electron chi connectivity index (χ1n) is 14.5. The molecule has 0 spiro atoms. The molecular weight excluding hydrogens is 654 g/mol. The molecule has 0 aliphatic heterocycles. The minimum Gasteiger partial charge on any atom is -0.497 e. The van der Waals surface area contributed by atoms with Gasteiger partial charge in [0, 0.05) is 23.0 Å². The highest BCUT2D eigenvalue weighted by Gasteiger charge is 2.35. The number of amides is 2. The molecule has 10 heteroatoms. The van der Waals surface area contributed by atoms with Crippen molar-refractivity contribution in [2.24, 2.45) is 0 Å². The summed E-state index contributed by atoms with van der Waals surface area (Å²) in [5.74, 6) is -0.327. The topological polar surface area (TPSA) is 96.0 Å². The van der Waals surface area contributed by atoms with Crippen molar-refractivity contribution < 1.29 is 22.7 Å². The average Bonchev–Trinajstić information content (AvgIpc) is 3.01. The van der Waals surface area contributed by atoms with Gasteiger partial charge in [0.2, 0.25) is 11.8 Å². The summed E-state index contributed by atoms with van der Waals surface area (Å²) in [4.78, 5) is 30.0. The largest absolute Gasteiger partial charge is 0.497 e. The van der Waals surface area contributed by atoms with Crippen molar-refractivity contribution in [3.63, 3.8) is 0 Å². The van der Waals surface area contributed by atoms with Crippen LogP contribution in [0.3, 0.4) is 0 Å². The number of nitrogens with zero attached hydrogens (tertiary/aromatic N) is 2. The Labute approximate surface area is 274 Å². The van der Waals surface area contributed by atoms with Crippen LogP contribution in [0, 0.1) is 0 Å². The molecule has 0 unspecified atom stereocenters. The van der Waals surface area contributed by atoms with Gasteiger partial charge < -0.3 is 15.0 Å². The molecule has 0 saturated carbocycles. The van der Waals surface area contributed by atoms with E-state index in [9.17, 15) is 18.0 Å². The van der Waals surface area contributed by atoms with E-state index in [1.54, 1.807) is 42.5 Å². The minimum absolute atomic E-state index is 0.0402. The highest BCUT2D eigenvalue weighted by Crippen LogP contribution is 2.27. The standard InChI is InChI=1S/C35H38BrN3O5S/c1-35(2,3)37-34(41)32(23-26-12-7-5-8-13-26)38(24-27-14-11-15-28(36)22-27)33(40)25-39(29-18-20-30(44-4)21-19-29)45(42,43)31-16-9-6-10-17-31/h5-22,32H,23-25H2,1-4H3,(H,37,41)/t32-/m1/s1. The zero-order valence-electron chi connectivity index (χ0n) is 25.8. The van der Waals surface area contributed by atoms with E-state index in [1.165, 1.54) is 24.1 Å². The van der Waals surface area contributed by atoms with Crippen molar-refractivity contribution >= 4 is 43.5 Å². The first-order valence-corrected chi connectivity index (χ1v) is 16.7. The van der Waals surface area contributed by atoms with E-state index in [-0.39, 0.29) is 29.5 Å². The van der Waals surface area contributed by atoms with Gasteiger partial charge in [0.05, 0.1) is 17.7 Å². The second kappa shape index (κ2) is 14.8. The van der Waals surface area contributed by atoms with Crippen LogP contribution >= 0.6 is 15.9 Å². The number of methoxy groups -OCH3 is 1. The first kappa shape index (κ1) is 33.7. The lowest BCUT2D eigenvalue weighted by atomic mass is 10.0. The Balaban J connectivity index is 1.81. The number of benzene rings is 4. The number of nitrogens with one attached hydrogen (secondary N) is 1. The number of carbonyl (C=O) groups is 2. The molecule has 4 aromatic rings. The van der Waals surface area contributed by atoms with Crippen LogP contribution < -0.4 is 14.4 Å². The fourth-order valence-electron chi connectivity index (χ4n) is 4.84. The number of hydrogen-bond acceptors (Lipinski definition) is 5. The lowest BCUT2D eigenvalue weighted by Gasteiger charge is -2.35. The molecule has 2 amide bonds. The van der Waals surface area contributed by atoms with E-state index in [0.717, 1.165) is 19.9 Å². The smallest absolute Gasteiger partial charge is 0.264 e. The van der Waals surface area contributed by atoms with E-state index < -0.39 is 34.1 Å². The molecule has 0 heterocycles. The van der Waals surface area contributed by atoms with Gasteiger partial charge in [-0.2, -0.15) is 0 Å². The van der Waals surface area contributed by atoms with Crippen LogP contribution in [0.1, 0.15) is 31.9 Å². The lowest BCUT2D eigenvalue weighted by molar-refractivity contribution is -0.140. The molecule has 0 aliphatic carbocycles. The van der Waals surface area contributed by atoms with Gasteiger partial charge in [-0.25, -0.2) is 8.42 Å². The third-order valence-corrected chi connectivity index (χ3v) is 9.26. The molecule has 0 aliphatic rings. The molecule has 0 fully saturated rings. The summed E-state index contributed by atoms with van der Waals surface area (Å²) in [7, 11) is -2.66. The molecule has 1 atom stereocenters. The van der Waals surface area contributed by atoms with Crippen LogP contribution in [0.15, 0.2) is 119 Å². The van der Waals surface area contributed by atoms with Gasteiger partial charge in [-0.3, -0.25) is 13.9 Å². The monoisotopic (exact) mass is 691 g/mol. The zero-order valence-corrected chi connectivity index (χ0v) is 28.2. The Bertz CT molecular complexity index is 1690. The van der Waals surface area contributed by atoms with Crippen LogP contribution in [0.5, 0.6) is 5.75 Å². The number of anilines is 1. The van der Waals surface area contributed by atoms with E-state index in [4.69, 9.17) is 4.74 Å².